The van der Waals surface area contributed by atoms with Gasteiger partial charge in [-0.15, -0.1) is 0 Å². The van der Waals surface area contributed by atoms with Gasteiger partial charge >= 0.3 is 6.03 Å². The maximum absolute atomic E-state index is 12.7. The Hall–Kier alpha value is -2.35. The Labute approximate surface area is 117 Å². The third-order valence-corrected chi connectivity index (χ3v) is 4.10. The fourth-order valence-corrected chi connectivity index (χ4v) is 3.07. The van der Waals surface area contributed by atoms with E-state index >= 15 is 0 Å². The highest BCUT2D eigenvalue weighted by Gasteiger charge is 2.55. The minimum atomic E-state index is -0.914. The van der Waals surface area contributed by atoms with E-state index in [-0.39, 0.29) is 18.4 Å². The smallest absolute Gasteiger partial charge is 0.319 e. The highest BCUT2D eigenvalue weighted by atomic mass is 16.2. The molecule has 0 bridgehead atoms. The molecule has 1 aliphatic carbocycles. The van der Waals surface area contributed by atoms with Gasteiger partial charge in [0.05, 0.1) is 12.0 Å². The van der Waals surface area contributed by atoms with Crippen LogP contribution in [0, 0.1) is 17.2 Å². The van der Waals surface area contributed by atoms with Gasteiger partial charge in [0.15, 0.2) is 0 Å². The average molecular weight is 269 g/mol. The maximum Gasteiger partial charge on any atom is 0.325 e. The highest BCUT2D eigenvalue weighted by molar-refractivity contribution is 6.08. The highest BCUT2D eigenvalue weighted by Crippen LogP contribution is 2.41. The second-order valence-electron chi connectivity index (χ2n) is 5.44. The summed E-state index contributed by atoms with van der Waals surface area (Å²) in [5, 5.41) is 11.7. The molecular formula is C15H15N3O2. The summed E-state index contributed by atoms with van der Waals surface area (Å²) in [6.45, 7) is 1.85. The van der Waals surface area contributed by atoms with Gasteiger partial charge in [0.2, 0.25) is 0 Å². The van der Waals surface area contributed by atoms with Gasteiger partial charge in [0.25, 0.3) is 5.91 Å². The summed E-state index contributed by atoms with van der Waals surface area (Å²) in [6.07, 6.45) is 1.37. The van der Waals surface area contributed by atoms with Gasteiger partial charge in [-0.2, -0.15) is 5.26 Å². The van der Waals surface area contributed by atoms with Gasteiger partial charge in [0, 0.05) is 6.54 Å². The Bertz CT molecular complexity index is 634. The summed E-state index contributed by atoms with van der Waals surface area (Å²) < 4.78 is 0. The molecule has 1 fully saturated rings. The van der Waals surface area contributed by atoms with E-state index in [2.05, 4.69) is 11.4 Å². The number of aryl methyl sites for hydroxylation is 1. The first-order valence-corrected chi connectivity index (χ1v) is 6.70. The van der Waals surface area contributed by atoms with Crippen molar-refractivity contribution in [2.45, 2.75) is 25.3 Å². The third-order valence-electron chi connectivity index (χ3n) is 4.10. The predicted octanol–water partition coefficient (Wildman–Crippen LogP) is 1.54. The minimum Gasteiger partial charge on any atom is -0.319 e. The number of rotatable bonds is 2. The number of imide groups is 1. The molecule has 5 nitrogen and oxygen atoms in total. The van der Waals surface area contributed by atoms with Crippen molar-refractivity contribution in [1.29, 1.82) is 5.26 Å². The zero-order valence-corrected chi connectivity index (χ0v) is 11.2. The molecule has 3 amide bonds. The molecule has 1 aromatic rings. The molecule has 1 aromatic carbocycles. The first-order valence-electron chi connectivity index (χ1n) is 6.70. The Morgan fingerprint density at radius 2 is 2.20 bits per heavy atom. The van der Waals surface area contributed by atoms with Crippen LogP contribution in [0.25, 0.3) is 0 Å². The molecule has 20 heavy (non-hydrogen) atoms. The summed E-state index contributed by atoms with van der Waals surface area (Å²) >= 11 is 0. The summed E-state index contributed by atoms with van der Waals surface area (Å²) in [5.74, 6) is -0.592. The minimum absolute atomic E-state index is 0.144. The van der Waals surface area contributed by atoms with E-state index in [9.17, 15) is 9.59 Å². The van der Waals surface area contributed by atoms with Gasteiger partial charge in [-0.05, 0) is 30.9 Å². The Morgan fingerprint density at radius 1 is 1.45 bits per heavy atom. The summed E-state index contributed by atoms with van der Waals surface area (Å²) in [7, 11) is 0. The molecule has 5 heteroatoms. The lowest BCUT2D eigenvalue weighted by Gasteiger charge is -2.22. The lowest BCUT2D eigenvalue weighted by molar-refractivity contribution is -0.131. The largest absolute Gasteiger partial charge is 0.325 e. The molecule has 0 unspecified atom stereocenters. The molecule has 1 spiro atoms. The van der Waals surface area contributed by atoms with E-state index in [0.717, 1.165) is 17.5 Å². The first kappa shape index (κ1) is 12.7. The van der Waals surface area contributed by atoms with Crippen molar-refractivity contribution in [3.63, 3.8) is 0 Å². The number of hydrogen-bond acceptors (Lipinski definition) is 3. The van der Waals surface area contributed by atoms with Crippen LogP contribution in [0.4, 0.5) is 4.79 Å². The van der Waals surface area contributed by atoms with Gasteiger partial charge in [-0.3, -0.25) is 9.69 Å². The van der Waals surface area contributed by atoms with E-state index in [1.807, 2.05) is 24.3 Å². The number of carbonyl (C=O) groups is 2. The van der Waals surface area contributed by atoms with Crippen LogP contribution in [-0.2, 0) is 16.8 Å². The molecule has 2 aliphatic rings. The first-order chi connectivity index (χ1) is 9.58. The van der Waals surface area contributed by atoms with Crippen LogP contribution in [0.2, 0.25) is 0 Å². The van der Waals surface area contributed by atoms with Crippen LogP contribution < -0.4 is 5.32 Å². The maximum atomic E-state index is 12.7. The zero-order chi connectivity index (χ0) is 14.3. The van der Waals surface area contributed by atoms with Crippen molar-refractivity contribution in [3.8, 4) is 6.07 Å². The number of carbonyl (C=O) groups excluding carboxylic acids is 2. The summed E-state index contributed by atoms with van der Waals surface area (Å²) in [4.78, 5) is 26.0. The quantitative estimate of drug-likeness (QED) is 0.828. The molecule has 1 heterocycles. The van der Waals surface area contributed by atoms with Crippen LogP contribution in [0.3, 0.4) is 0 Å². The number of benzene rings is 1. The third kappa shape index (κ3) is 1.61. The normalized spacial score (nSPS) is 25.5. The van der Waals surface area contributed by atoms with Gasteiger partial charge in [-0.25, -0.2) is 4.79 Å². The second-order valence-corrected chi connectivity index (χ2v) is 5.44. The topological polar surface area (TPSA) is 73.2 Å². The number of nitriles is 1. The summed E-state index contributed by atoms with van der Waals surface area (Å²) in [6, 6.07) is 9.37. The van der Waals surface area contributed by atoms with Crippen molar-refractivity contribution in [3.05, 3.63) is 35.4 Å². The van der Waals surface area contributed by atoms with Crippen LogP contribution in [0.1, 0.15) is 24.5 Å². The molecule has 0 radical (unpaired) electrons. The lowest BCUT2D eigenvalue weighted by Crippen LogP contribution is -2.42. The van der Waals surface area contributed by atoms with E-state index in [1.54, 1.807) is 6.92 Å². The average Bonchev–Trinajstić information content (AvgIpc) is 2.94. The van der Waals surface area contributed by atoms with Gasteiger partial charge in [0.1, 0.15) is 5.54 Å². The van der Waals surface area contributed by atoms with Crippen LogP contribution in [0.5, 0.6) is 0 Å². The van der Waals surface area contributed by atoms with Crippen molar-refractivity contribution in [2.24, 2.45) is 5.92 Å². The van der Waals surface area contributed by atoms with E-state index in [0.29, 0.717) is 6.42 Å². The number of amides is 3. The number of fused-ring (bicyclic) bond motifs is 2. The second kappa shape index (κ2) is 4.34. The van der Waals surface area contributed by atoms with Crippen molar-refractivity contribution in [1.82, 2.24) is 10.2 Å². The summed E-state index contributed by atoms with van der Waals surface area (Å²) in [5.41, 5.74) is 1.09. The lowest BCUT2D eigenvalue weighted by atomic mass is 9.92. The Balaban J connectivity index is 1.97. The van der Waals surface area contributed by atoms with E-state index < -0.39 is 11.6 Å². The monoisotopic (exact) mass is 269 g/mol. The number of urea groups is 1. The number of hydrogen-bond donors (Lipinski definition) is 1. The molecule has 2 atom stereocenters. The molecular weight excluding hydrogens is 254 g/mol. The van der Waals surface area contributed by atoms with Crippen molar-refractivity contribution >= 4 is 11.9 Å². The number of nitrogens with one attached hydrogen (secondary N) is 1. The van der Waals surface area contributed by atoms with E-state index in [1.165, 1.54) is 4.90 Å². The standard InChI is InChI=1S/C15H15N3O2/c1-10(8-16)9-18-13(19)15(17-14(18)20)7-6-11-4-2-3-5-12(11)15/h2-5,10H,6-7,9H2,1H3,(H,17,20)/t10-,15+/m0/s1. The van der Waals surface area contributed by atoms with Crippen LogP contribution >= 0.6 is 0 Å². The molecule has 1 N–H and O–H groups in total. The van der Waals surface area contributed by atoms with E-state index in [4.69, 9.17) is 5.26 Å². The SMILES string of the molecule is C[C@@H](C#N)CN1C(=O)N[C@@]2(CCc3ccccc32)C1=O. The molecule has 1 saturated heterocycles. The molecule has 3 rings (SSSR count). The van der Waals surface area contributed by atoms with Crippen LogP contribution in [-0.4, -0.2) is 23.4 Å². The Kier molecular flexibility index (Phi) is 2.75. The number of nitrogens with zero attached hydrogens (tertiary/aromatic N) is 2. The van der Waals surface area contributed by atoms with Crippen LogP contribution in [0.15, 0.2) is 24.3 Å². The predicted molar refractivity (Wildman–Crippen MR) is 71.5 cm³/mol. The zero-order valence-electron chi connectivity index (χ0n) is 11.2. The van der Waals surface area contributed by atoms with Crippen molar-refractivity contribution in [2.75, 3.05) is 6.54 Å². The van der Waals surface area contributed by atoms with Gasteiger partial charge < -0.3 is 5.32 Å². The fourth-order valence-electron chi connectivity index (χ4n) is 3.07. The molecule has 0 saturated carbocycles. The molecule has 0 aromatic heterocycles. The van der Waals surface area contributed by atoms with Gasteiger partial charge in [-0.1, -0.05) is 24.3 Å². The van der Waals surface area contributed by atoms with Crippen molar-refractivity contribution < 1.29 is 9.59 Å². The molecule has 1 aliphatic heterocycles. The fraction of sp³-hybridized carbons (Fsp3) is 0.400. The molecule has 102 valence electrons. The Morgan fingerprint density at radius 3 is 2.95 bits per heavy atom.